The lowest BCUT2D eigenvalue weighted by molar-refractivity contribution is 0.102. The molecular weight excluding hydrogens is 218 g/mol. The third-order valence-electron chi connectivity index (χ3n) is 2.44. The van der Waals surface area contributed by atoms with Crippen molar-refractivity contribution < 1.29 is 4.79 Å². The van der Waals surface area contributed by atoms with Crippen LogP contribution in [0.5, 0.6) is 0 Å². The van der Waals surface area contributed by atoms with Gasteiger partial charge in [-0.1, -0.05) is 0 Å². The largest absolute Gasteiger partial charge is 0.341 e. The van der Waals surface area contributed by atoms with E-state index in [9.17, 15) is 4.79 Å². The molecule has 0 saturated carbocycles. The van der Waals surface area contributed by atoms with Gasteiger partial charge in [0.15, 0.2) is 0 Å². The number of hydrogen-bond acceptors (Lipinski definition) is 3. The summed E-state index contributed by atoms with van der Waals surface area (Å²) in [6.07, 6.45) is 4.65. The lowest BCUT2D eigenvalue weighted by atomic mass is 10.2. The van der Waals surface area contributed by atoms with Crippen LogP contribution in [-0.4, -0.2) is 26.1 Å². The van der Waals surface area contributed by atoms with Crippen molar-refractivity contribution in [3.8, 4) is 0 Å². The summed E-state index contributed by atoms with van der Waals surface area (Å²) in [6, 6.07) is 5.53. The molecule has 0 fully saturated rings. The summed E-state index contributed by atoms with van der Waals surface area (Å²) < 4.78 is 0. The Labute approximate surface area is 96.1 Å². The number of nitrogens with zero attached hydrogens (tertiary/aromatic N) is 2. The van der Waals surface area contributed by atoms with E-state index in [0.717, 1.165) is 16.6 Å². The topological polar surface area (TPSA) is 86.5 Å². The van der Waals surface area contributed by atoms with Gasteiger partial charge in [0.05, 0.1) is 24.2 Å². The minimum absolute atomic E-state index is 0.217. The maximum absolute atomic E-state index is 11.7. The van der Waals surface area contributed by atoms with Gasteiger partial charge in [-0.15, -0.1) is 0 Å². The second-order valence-electron chi connectivity index (χ2n) is 3.59. The molecule has 6 heteroatoms. The minimum atomic E-state index is -0.217. The zero-order chi connectivity index (χ0) is 11.7. The average Bonchev–Trinajstić information content (AvgIpc) is 2.99. The first kappa shape index (κ1) is 9.59. The Kier molecular flexibility index (Phi) is 2.11. The highest BCUT2D eigenvalue weighted by molar-refractivity contribution is 6.03. The number of aromatic amines is 2. The van der Waals surface area contributed by atoms with E-state index in [-0.39, 0.29) is 5.91 Å². The maximum atomic E-state index is 11.7. The quantitative estimate of drug-likeness (QED) is 0.620. The van der Waals surface area contributed by atoms with Gasteiger partial charge in [0.2, 0.25) is 0 Å². The summed E-state index contributed by atoms with van der Waals surface area (Å²) in [6.45, 7) is 0. The van der Waals surface area contributed by atoms with Crippen LogP contribution < -0.4 is 5.32 Å². The molecular formula is C11H9N5O. The second-order valence-corrected chi connectivity index (χ2v) is 3.59. The number of aromatic nitrogens is 4. The SMILES string of the molecule is O=C(Nc1ccc2[nH]ncc2c1)c1cnc[nH]1. The Hall–Kier alpha value is -2.63. The molecule has 84 valence electrons. The van der Waals surface area contributed by atoms with Crippen LogP contribution in [0, 0.1) is 0 Å². The Morgan fingerprint density at radius 3 is 3.06 bits per heavy atom. The number of imidazole rings is 1. The molecule has 2 heterocycles. The first-order valence-electron chi connectivity index (χ1n) is 5.06. The Bertz CT molecular complexity index is 655. The van der Waals surface area contributed by atoms with Gasteiger partial charge in [0, 0.05) is 11.1 Å². The molecule has 0 saturated heterocycles. The normalized spacial score (nSPS) is 10.6. The van der Waals surface area contributed by atoms with Gasteiger partial charge in [-0.3, -0.25) is 9.89 Å². The number of anilines is 1. The van der Waals surface area contributed by atoms with E-state index in [0.29, 0.717) is 5.69 Å². The average molecular weight is 227 g/mol. The van der Waals surface area contributed by atoms with Crippen molar-refractivity contribution in [2.75, 3.05) is 5.32 Å². The summed E-state index contributed by atoms with van der Waals surface area (Å²) in [5.74, 6) is -0.217. The molecule has 3 N–H and O–H groups in total. The van der Waals surface area contributed by atoms with E-state index in [1.807, 2.05) is 18.2 Å². The summed E-state index contributed by atoms with van der Waals surface area (Å²) in [4.78, 5) is 18.3. The van der Waals surface area contributed by atoms with Crippen LogP contribution in [-0.2, 0) is 0 Å². The fraction of sp³-hybridized carbons (Fsp3) is 0. The predicted molar refractivity (Wildman–Crippen MR) is 62.6 cm³/mol. The van der Waals surface area contributed by atoms with Gasteiger partial charge < -0.3 is 10.3 Å². The van der Waals surface area contributed by atoms with E-state index in [4.69, 9.17) is 0 Å². The van der Waals surface area contributed by atoms with Gasteiger partial charge in [0.1, 0.15) is 5.69 Å². The molecule has 0 atom stereocenters. The number of hydrogen-bond donors (Lipinski definition) is 3. The van der Waals surface area contributed by atoms with Crippen LogP contribution in [0.15, 0.2) is 36.9 Å². The standard InChI is InChI=1S/C11H9N5O/c17-11(10-5-12-6-13-10)15-8-1-2-9-7(3-8)4-14-16-9/h1-6H,(H,12,13)(H,14,16)(H,15,17). The molecule has 0 spiro atoms. The fourth-order valence-electron chi connectivity index (χ4n) is 1.60. The first-order valence-corrected chi connectivity index (χ1v) is 5.06. The van der Waals surface area contributed by atoms with Crippen molar-refractivity contribution in [3.63, 3.8) is 0 Å². The molecule has 6 nitrogen and oxygen atoms in total. The smallest absolute Gasteiger partial charge is 0.273 e. The molecule has 3 aromatic rings. The van der Waals surface area contributed by atoms with Gasteiger partial charge in [-0.05, 0) is 18.2 Å². The van der Waals surface area contributed by atoms with Crippen molar-refractivity contribution >= 4 is 22.5 Å². The number of fused-ring (bicyclic) bond motifs is 1. The summed E-state index contributed by atoms with van der Waals surface area (Å²) in [5, 5.41) is 10.5. The number of rotatable bonds is 2. The van der Waals surface area contributed by atoms with Crippen LogP contribution in [0.25, 0.3) is 10.9 Å². The number of benzene rings is 1. The minimum Gasteiger partial charge on any atom is -0.341 e. The molecule has 1 aromatic carbocycles. The zero-order valence-corrected chi connectivity index (χ0v) is 8.77. The number of carbonyl (C=O) groups excluding carboxylic acids is 1. The highest BCUT2D eigenvalue weighted by atomic mass is 16.1. The van der Waals surface area contributed by atoms with Gasteiger partial charge in [-0.25, -0.2) is 4.98 Å². The van der Waals surface area contributed by atoms with Crippen molar-refractivity contribution in [2.45, 2.75) is 0 Å². The number of carbonyl (C=O) groups is 1. The molecule has 0 radical (unpaired) electrons. The molecule has 0 aliphatic rings. The molecule has 0 unspecified atom stereocenters. The molecule has 0 aliphatic heterocycles. The Morgan fingerprint density at radius 1 is 1.29 bits per heavy atom. The molecule has 0 bridgehead atoms. The summed E-state index contributed by atoms with van der Waals surface area (Å²) >= 11 is 0. The van der Waals surface area contributed by atoms with E-state index >= 15 is 0 Å². The van der Waals surface area contributed by atoms with Crippen molar-refractivity contribution in [1.82, 2.24) is 20.2 Å². The monoisotopic (exact) mass is 227 g/mol. The van der Waals surface area contributed by atoms with E-state index in [1.165, 1.54) is 12.5 Å². The maximum Gasteiger partial charge on any atom is 0.273 e. The number of amides is 1. The van der Waals surface area contributed by atoms with Gasteiger partial charge >= 0.3 is 0 Å². The first-order chi connectivity index (χ1) is 8.33. The van der Waals surface area contributed by atoms with Crippen LogP contribution in [0.4, 0.5) is 5.69 Å². The molecule has 2 aromatic heterocycles. The number of H-pyrrole nitrogens is 2. The molecule has 17 heavy (non-hydrogen) atoms. The van der Waals surface area contributed by atoms with Crippen molar-refractivity contribution in [3.05, 3.63) is 42.6 Å². The molecule has 3 rings (SSSR count). The predicted octanol–water partition coefficient (Wildman–Crippen LogP) is 1.54. The van der Waals surface area contributed by atoms with E-state index < -0.39 is 0 Å². The van der Waals surface area contributed by atoms with Crippen molar-refractivity contribution in [1.29, 1.82) is 0 Å². The van der Waals surface area contributed by atoms with Crippen LogP contribution in [0.2, 0.25) is 0 Å². The van der Waals surface area contributed by atoms with Crippen LogP contribution in [0.3, 0.4) is 0 Å². The lowest BCUT2D eigenvalue weighted by Gasteiger charge is -2.02. The lowest BCUT2D eigenvalue weighted by Crippen LogP contribution is -2.11. The van der Waals surface area contributed by atoms with E-state index in [2.05, 4.69) is 25.5 Å². The highest BCUT2D eigenvalue weighted by Gasteiger charge is 2.07. The fourth-order valence-corrected chi connectivity index (χ4v) is 1.60. The summed E-state index contributed by atoms with van der Waals surface area (Å²) in [7, 11) is 0. The number of nitrogens with one attached hydrogen (secondary N) is 3. The third-order valence-corrected chi connectivity index (χ3v) is 2.44. The zero-order valence-electron chi connectivity index (χ0n) is 8.77. The highest BCUT2D eigenvalue weighted by Crippen LogP contribution is 2.17. The summed E-state index contributed by atoms with van der Waals surface area (Å²) in [5.41, 5.74) is 2.08. The molecule has 0 aliphatic carbocycles. The Balaban J connectivity index is 1.87. The van der Waals surface area contributed by atoms with Crippen molar-refractivity contribution in [2.24, 2.45) is 0 Å². The Morgan fingerprint density at radius 2 is 2.24 bits per heavy atom. The second kappa shape index (κ2) is 3.75. The van der Waals surface area contributed by atoms with E-state index in [1.54, 1.807) is 6.20 Å². The van der Waals surface area contributed by atoms with Gasteiger partial charge in [0.25, 0.3) is 5.91 Å². The van der Waals surface area contributed by atoms with Crippen LogP contribution >= 0.6 is 0 Å². The van der Waals surface area contributed by atoms with Gasteiger partial charge in [-0.2, -0.15) is 5.10 Å². The molecule has 1 amide bonds. The van der Waals surface area contributed by atoms with Crippen LogP contribution in [0.1, 0.15) is 10.5 Å². The third kappa shape index (κ3) is 1.76.